The summed E-state index contributed by atoms with van der Waals surface area (Å²) in [6.45, 7) is 13.8. The number of amides is 1. The van der Waals surface area contributed by atoms with Crippen molar-refractivity contribution in [2.45, 2.75) is 111 Å². The van der Waals surface area contributed by atoms with Gasteiger partial charge in [-0.25, -0.2) is 4.79 Å². The summed E-state index contributed by atoms with van der Waals surface area (Å²) in [6, 6.07) is 19.7. The predicted octanol–water partition coefficient (Wildman–Crippen LogP) is 9.70. The molecule has 0 saturated heterocycles. The number of aryl methyl sites for hydroxylation is 1. The lowest BCUT2D eigenvalue weighted by Crippen LogP contribution is -2.43. The Morgan fingerprint density at radius 2 is 1.35 bits per heavy atom. The average molecular weight is 782 g/mol. The first-order chi connectivity index (χ1) is 25.8. The molecule has 296 valence electrons. The molecule has 0 aliphatic rings. The van der Waals surface area contributed by atoms with Gasteiger partial charge >= 0.3 is 11.9 Å². The van der Waals surface area contributed by atoms with Crippen molar-refractivity contribution in [1.82, 2.24) is 5.32 Å². The third-order valence-electron chi connectivity index (χ3n) is 10.4. The number of hydrogen-bond donors (Lipinski definition) is 1. The Bertz CT molecular complexity index is 1720. The summed E-state index contributed by atoms with van der Waals surface area (Å²) >= 11 is 0. The Labute approximate surface area is 323 Å². The highest BCUT2D eigenvalue weighted by Gasteiger charge is 2.41. The van der Waals surface area contributed by atoms with E-state index in [9.17, 15) is 23.5 Å². The molecular formula is C43H61NO8P2. The van der Waals surface area contributed by atoms with E-state index in [4.69, 9.17) is 14.2 Å². The van der Waals surface area contributed by atoms with E-state index in [2.05, 4.69) is 5.32 Å². The van der Waals surface area contributed by atoms with Crippen LogP contribution < -0.4 is 14.8 Å². The summed E-state index contributed by atoms with van der Waals surface area (Å²) in [5, 5.41) is 2.64. The van der Waals surface area contributed by atoms with Crippen LogP contribution in [0.2, 0.25) is 0 Å². The molecule has 0 fully saturated rings. The number of hydrogen-bond acceptors (Lipinski definition) is 8. The minimum absolute atomic E-state index is 0.0302. The Balaban J connectivity index is 1.75. The molecule has 0 bridgehead atoms. The number of unbranched alkanes of at least 4 members (excludes halogenated alkanes) is 1. The van der Waals surface area contributed by atoms with E-state index < -0.39 is 26.3 Å². The molecule has 3 aromatic carbocycles. The molecule has 3 aromatic rings. The van der Waals surface area contributed by atoms with Gasteiger partial charge < -0.3 is 28.7 Å². The fourth-order valence-electron chi connectivity index (χ4n) is 6.91. The molecule has 0 spiro atoms. The summed E-state index contributed by atoms with van der Waals surface area (Å²) < 4.78 is 45.4. The zero-order valence-electron chi connectivity index (χ0n) is 33.4. The lowest BCUT2D eigenvalue weighted by atomic mass is 9.98. The summed E-state index contributed by atoms with van der Waals surface area (Å²) in [5.74, 6) is -0.218. The van der Waals surface area contributed by atoms with Gasteiger partial charge in [-0.3, -0.25) is 9.59 Å². The van der Waals surface area contributed by atoms with Crippen molar-refractivity contribution < 1.29 is 37.7 Å². The minimum Gasteiger partial charge on any atom is -0.493 e. The fraction of sp³-hybridized carbons (Fsp3) is 0.512. The second-order valence-corrected chi connectivity index (χ2v) is 21.8. The SMILES string of the molecule is CCC(=O)Oc1cc(C)c(OCCCCC(P(=O)(CC)CC)P(=O)(CC)CC)c(C)c1CCC(=O)N[C@@H](Cc1ccccc1)C(=O)OCc1ccccc1. The number of rotatable bonds is 23. The van der Waals surface area contributed by atoms with Crippen LogP contribution in [0.1, 0.15) is 94.5 Å². The van der Waals surface area contributed by atoms with Crippen molar-refractivity contribution in [3.63, 3.8) is 0 Å². The largest absolute Gasteiger partial charge is 0.493 e. The molecule has 0 aliphatic heterocycles. The number of carbonyl (C=O) groups excluding carboxylic acids is 3. The Hall–Kier alpha value is -3.67. The number of esters is 2. The molecule has 1 atom stereocenters. The Kier molecular flexibility index (Phi) is 18.2. The van der Waals surface area contributed by atoms with Gasteiger partial charge in [0.25, 0.3) is 0 Å². The van der Waals surface area contributed by atoms with Crippen molar-refractivity contribution in [2.75, 3.05) is 31.3 Å². The lowest BCUT2D eigenvalue weighted by molar-refractivity contribution is -0.149. The molecule has 11 heteroatoms. The molecule has 1 N–H and O–H groups in total. The second-order valence-electron chi connectivity index (χ2n) is 13.8. The molecule has 0 radical (unpaired) electrons. The molecule has 1 amide bonds. The fourth-order valence-corrected chi connectivity index (χ4v) is 15.8. The van der Waals surface area contributed by atoms with Crippen LogP contribution in [0.4, 0.5) is 0 Å². The van der Waals surface area contributed by atoms with Gasteiger partial charge in [0.15, 0.2) is 0 Å². The highest BCUT2D eigenvalue weighted by atomic mass is 31.2. The highest BCUT2D eigenvalue weighted by Crippen LogP contribution is 2.69. The van der Waals surface area contributed by atoms with Crippen molar-refractivity contribution in [3.05, 3.63) is 94.5 Å². The van der Waals surface area contributed by atoms with E-state index in [0.29, 0.717) is 61.2 Å². The van der Waals surface area contributed by atoms with Crippen molar-refractivity contribution in [1.29, 1.82) is 0 Å². The van der Waals surface area contributed by atoms with Crippen LogP contribution in [0.15, 0.2) is 66.7 Å². The number of carbonyl (C=O) groups is 3. The van der Waals surface area contributed by atoms with Crippen LogP contribution in [-0.2, 0) is 47.7 Å². The monoisotopic (exact) mass is 781 g/mol. The normalized spacial score (nSPS) is 12.3. The maximum atomic E-state index is 13.8. The summed E-state index contributed by atoms with van der Waals surface area (Å²) in [4.78, 5) is 39.2. The molecule has 3 rings (SSSR count). The van der Waals surface area contributed by atoms with Crippen LogP contribution in [0.3, 0.4) is 0 Å². The molecule has 54 heavy (non-hydrogen) atoms. The summed E-state index contributed by atoms with van der Waals surface area (Å²) in [7, 11) is -5.13. The van der Waals surface area contributed by atoms with Gasteiger partial charge in [-0.1, -0.05) is 95.3 Å². The van der Waals surface area contributed by atoms with Crippen molar-refractivity contribution in [3.8, 4) is 11.5 Å². The van der Waals surface area contributed by atoms with Gasteiger partial charge in [-0.2, -0.15) is 0 Å². The molecule has 0 heterocycles. The van der Waals surface area contributed by atoms with E-state index >= 15 is 0 Å². The average Bonchev–Trinajstić information content (AvgIpc) is 3.19. The predicted molar refractivity (Wildman–Crippen MR) is 219 cm³/mol. The van der Waals surface area contributed by atoms with Crippen molar-refractivity contribution >= 4 is 32.1 Å². The van der Waals surface area contributed by atoms with Gasteiger partial charge in [0.05, 0.1) is 26.3 Å². The van der Waals surface area contributed by atoms with E-state index in [1.807, 2.05) is 102 Å². The topological polar surface area (TPSA) is 125 Å². The van der Waals surface area contributed by atoms with Crippen LogP contribution >= 0.6 is 14.3 Å². The zero-order valence-corrected chi connectivity index (χ0v) is 35.1. The second kappa shape index (κ2) is 22.0. The molecule has 9 nitrogen and oxygen atoms in total. The minimum atomic E-state index is -2.56. The number of benzene rings is 3. The molecule has 0 unspecified atom stereocenters. The number of ether oxygens (including phenoxy) is 3. The van der Waals surface area contributed by atoms with Crippen LogP contribution in [0, 0.1) is 13.8 Å². The first kappa shape index (κ1) is 44.7. The third-order valence-corrected chi connectivity index (χ3v) is 19.9. The quantitative estimate of drug-likeness (QED) is 0.0437. The van der Waals surface area contributed by atoms with Crippen molar-refractivity contribution in [2.24, 2.45) is 0 Å². The van der Waals surface area contributed by atoms with E-state index in [1.165, 1.54) is 0 Å². The van der Waals surface area contributed by atoms with Gasteiger partial charge in [-0.05, 0) is 92.5 Å². The number of nitrogens with one attached hydrogen (secondary N) is 1. The summed E-state index contributed by atoms with van der Waals surface area (Å²) in [5.41, 5.74) is 3.97. The first-order valence-corrected chi connectivity index (χ1v) is 23.8. The van der Waals surface area contributed by atoms with Gasteiger partial charge in [0, 0.05) is 24.8 Å². The molecule has 0 aromatic heterocycles. The third kappa shape index (κ3) is 12.7. The van der Waals surface area contributed by atoms with Gasteiger partial charge in [-0.15, -0.1) is 0 Å². The Morgan fingerprint density at radius 3 is 1.91 bits per heavy atom. The Morgan fingerprint density at radius 1 is 0.778 bits per heavy atom. The lowest BCUT2D eigenvalue weighted by Gasteiger charge is -2.32. The maximum absolute atomic E-state index is 13.8. The van der Waals surface area contributed by atoms with Gasteiger partial charge in [0.1, 0.15) is 24.1 Å². The van der Waals surface area contributed by atoms with E-state index in [1.54, 1.807) is 13.0 Å². The van der Waals surface area contributed by atoms with Gasteiger partial charge in [0.2, 0.25) is 5.91 Å². The van der Waals surface area contributed by atoms with E-state index in [0.717, 1.165) is 28.7 Å². The molecular weight excluding hydrogens is 720 g/mol. The van der Waals surface area contributed by atoms with E-state index in [-0.39, 0.29) is 49.6 Å². The first-order valence-electron chi connectivity index (χ1n) is 19.5. The van der Waals surface area contributed by atoms with Crippen LogP contribution in [0.5, 0.6) is 11.5 Å². The molecule has 0 aliphatic carbocycles. The zero-order chi connectivity index (χ0) is 39.7. The van der Waals surface area contributed by atoms with Crippen LogP contribution in [-0.4, -0.2) is 60.5 Å². The molecule has 0 saturated carbocycles. The van der Waals surface area contributed by atoms with Crippen LogP contribution in [0.25, 0.3) is 0 Å². The standard InChI is InChI=1S/C43H61NO8P2/c1-8-40(46)52-38-29-32(6)42(50-28-20-19-25-41(53(48,9-2)10-3)54(49,11-4)12-5)33(7)36(38)26-27-39(45)44-37(30-34-21-15-13-16-22-34)43(47)51-31-35-23-17-14-18-24-35/h13-18,21-24,29,37,41H,8-12,19-20,25-28,30-31H2,1-7H3,(H,44,45)/t37-/m0/s1. The smallest absolute Gasteiger partial charge is 0.329 e. The summed E-state index contributed by atoms with van der Waals surface area (Å²) in [6.07, 6.45) is 5.08. The maximum Gasteiger partial charge on any atom is 0.329 e. The highest BCUT2D eigenvalue weighted by molar-refractivity contribution is 7.81.